The van der Waals surface area contributed by atoms with Crippen molar-refractivity contribution in [1.82, 2.24) is 9.55 Å². The molecule has 2 aromatic carbocycles. The summed E-state index contributed by atoms with van der Waals surface area (Å²) in [6.07, 6.45) is 0. The van der Waals surface area contributed by atoms with Crippen LogP contribution in [0.25, 0.3) is 11.4 Å². The monoisotopic (exact) mass is 361 g/mol. The molecule has 3 aromatic rings. The molecule has 0 fully saturated rings. The molecule has 0 saturated heterocycles. The highest BCUT2D eigenvalue weighted by Gasteiger charge is 2.18. The van der Waals surface area contributed by atoms with E-state index in [1.54, 1.807) is 11.8 Å². The molecular weight excluding hydrogens is 338 g/mol. The second-order valence-corrected chi connectivity index (χ2v) is 6.49. The Labute approximate surface area is 158 Å². The van der Waals surface area contributed by atoms with Crippen LogP contribution in [0.1, 0.15) is 18.2 Å². The molecule has 0 radical (unpaired) electrons. The highest BCUT2D eigenvalue weighted by Crippen LogP contribution is 2.19. The largest absolute Gasteiger partial charge is 0.311 e. The molecule has 0 bridgehead atoms. The number of aromatic nitrogens is 2. The third-order valence-electron chi connectivity index (χ3n) is 4.39. The van der Waals surface area contributed by atoms with Crippen molar-refractivity contribution in [1.29, 1.82) is 0 Å². The molecule has 1 aromatic heterocycles. The van der Waals surface area contributed by atoms with Crippen LogP contribution in [0.15, 0.2) is 65.5 Å². The number of carbonyl (C=O) groups is 1. The van der Waals surface area contributed by atoms with Crippen LogP contribution in [0.2, 0.25) is 0 Å². The number of anilines is 1. The Kier molecular flexibility index (Phi) is 5.50. The van der Waals surface area contributed by atoms with Crippen LogP contribution in [-0.2, 0) is 11.3 Å². The number of nitrogens with zero attached hydrogens (tertiary/aromatic N) is 3. The van der Waals surface area contributed by atoms with Crippen LogP contribution in [-0.4, -0.2) is 22.0 Å². The zero-order valence-electron chi connectivity index (χ0n) is 15.8. The smallest absolute Gasteiger partial charge is 0.254 e. The maximum atomic E-state index is 13.0. The normalized spacial score (nSPS) is 10.6. The van der Waals surface area contributed by atoms with Gasteiger partial charge in [-0.25, -0.2) is 4.98 Å². The van der Waals surface area contributed by atoms with Gasteiger partial charge in [0, 0.05) is 29.6 Å². The van der Waals surface area contributed by atoms with Gasteiger partial charge in [-0.2, -0.15) is 0 Å². The van der Waals surface area contributed by atoms with Crippen LogP contribution in [0.3, 0.4) is 0 Å². The van der Waals surface area contributed by atoms with E-state index in [9.17, 15) is 9.59 Å². The van der Waals surface area contributed by atoms with Gasteiger partial charge in [0.1, 0.15) is 12.4 Å². The van der Waals surface area contributed by atoms with Gasteiger partial charge in [-0.05, 0) is 38.5 Å². The summed E-state index contributed by atoms with van der Waals surface area (Å²) in [6.45, 7) is 6.17. The molecule has 0 N–H and O–H groups in total. The molecule has 0 atom stereocenters. The van der Waals surface area contributed by atoms with Crippen molar-refractivity contribution < 1.29 is 4.79 Å². The Morgan fingerprint density at radius 3 is 2.44 bits per heavy atom. The third-order valence-corrected chi connectivity index (χ3v) is 4.39. The van der Waals surface area contributed by atoms with E-state index in [-0.39, 0.29) is 18.0 Å². The highest BCUT2D eigenvalue weighted by atomic mass is 16.2. The second-order valence-electron chi connectivity index (χ2n) is 6.49. The number of carbonyl (C=O) groups excluding carboxylic acids is 1. The Morgan fingerprint density at radius 2 is 1.78 bits per heavy atom. The number of amides is 1. The summed E-state index contributed by atoms with van der Waals surface area (Å²) in [5.74, 6) is 0.363. The number of hydrogen-bond acceptors (Lipinski definition) is 3. The van der Waals surface area contributed by atoms with Crippen molar-refractivity contribution >= 4 is 11.6 Å². The van der Waals surface area contributed by atoms with Crippen molar-refractivity contribution in [3.05, 3.63) is 82.3 Å². The Morgan fingerprint density at radius 1 is 1.04 bits per heavy atom. The quantitative estimate of drug-likeness (QED) is 0.698. The highest BCUT2D eigenvalue weighted by molar-refractivity contribution is 5.93. The molecule has 0 aliphatic rings. The molecule has 27 heavy (non-hydrogen) atoms. The van der Waals surface area contributed by atoms with Crippen LogP contribution < -0.4 is 10.5 Å². The third kappa shape index (κ3) is 4.14. The van der Waals surface area contributed by atoms with E-state index in [1.165, 1.54) is 10.6 Å². The molecule has 0 aliphatic carbocycles. The standard InChI is InChI=1S/C22H23N3O2/c1-4-24(19-12-8-9-16(2)13-19)21(27)15-25-20(26)14-17(3)23-22(25)18-10-6-5-7-11-18/h5-14H,4,15H2,1-3H3. The first-order chi connectivity index (χ1) is 13.0. The van der Waals surface area contributed by atoms with Crippen LogP contribution in [0, 0.1) is 13.8 Å². The summed E-state index contributed by atoms with van der Waals surface area (Å²) in [5, 5.41) is 0. The summed E-state index contributed by atoms with van der Waals surface area (Å²) in [7, 11) is 0. The van der Waals surface area contributed by atoms with Crippen molar-refractivity contribution in [2.45, 2.75) is 27.3 Å². The molecule has 138 valence electrons. The van der Waals surface area contributed by atoms with E-state index in [1.807, 2.05) is 68.4 Å². The van der Waals surface area contributed by atoms with Gasteiger partial charge < -0.3 is 4.90 Å². The molecule has 1 amide bonds. The summed E-state index contributed by atoms with van der Waals surface area (Å²) in [5.41, 5.74) is 3.13. The second kappa shape index (κ2) is 7.99. The maximum Gasteiger partial charge on any atom is 0.254 e. The Hall–Kier alpha value is -3.21. The fourth-order valence-electron chi connectivity index (χ4n) is 3.10. The van der Waals surface area contributed by atoms with E-state index in [0.717, 1.165) is 16.8 Å². The first-order valence-corrected chi connectivity index (χ1v) is 9.00. The zero-order chi connectivity index (χ0) is 19.4. The lowest BCUT2D eigenvalue weighted by molar-refractivity contribution is -0.119. The Bertz CT molecular complexity index is 1010. The minimum atomic E-state index is -0.227. The first-order valence-electron chi connectivity index (χ1n) is 9.00. The van der Waals surface area contributed by atoms with Gasteiger partial charge in [0.2, 0.25) is 5.91 Å². The average molecular weight is 361 g/mol. The lowest BCUT2D eigenvalue weighted by atomic mass is 10.2. The van der Waals surface area contributed by atoms with Crippen molar-refractivity contribution in [3.8, 4) is 11.4 Å². The molecule has 0 unspecified atom stereocenters. The van der Waals surface area contributed by atoms with Crippen LogP contribution in [0.5, 0.6) is 0 Å². The first kappa shape index (κ1) is 18.6. The SMILES string of the molecule is CCN(C(=O)Cn1c(-c2ccccc2)nc(C)cc1=O)c1cccc(C)c1. The van der Waals surface area contributed by atoms with E-state index >= 15 is 0 Å². The van der Waals surface area contributed by atoms with Gasteiger partial charge in [-0.15, -0.1) is 0 Å². The predicted molar refractivity (Wildman–Crippen MR) is 108 cm³/mol. The molecule has 3 rings (SSSR count). The van der Waals surface area contributed by atoms with Crippen molar-refractivity contribution in [2.24, 2.45) is 0 Å². The summed E-state index contributed by atoms with van der Waals surface area (Å²) < 4.78 is 1.45. The topological polar surface area (TPSA) is 55.2 Å². The lowest BCUT2D eigenvalue weighted by Crippen LogP contribution is -2.37. The molecule has 0 aliphatic heterocycles. The van der Waals surface area contributed by atoms with Crippen LogP contribution in [0.4, 0.5) is 5.69 Å². The molecule has 0 saturated carbocycles. The number of likely N-dealkylation sites (N-methyl/N-ethyl adjacent to an activating group) is 1. The number of hydrogen-bond donors (Lipinski definition) is 0. The molecule has 1 heterocycles. The van der Waals surface area contributed by atoms with Crippen molar-refractivity contribution in [3.63, 3.8) is 0 Å². The van der Waals surface area contributed by atoms with Gasteiger partial charge >= 0.3 is 0 Å². The fourth-order valence-corrected chi connectivity index (χ4v) is 3.10. The molecular formula is C22H23N3O2. The Balaban J connectivity index is 1.99. The molecule has 0 spiro atoms. The van der Waals surface area contributed by atoms with E-state index in [0.29, 0.717) is 18.1 Å². The lowest BCUT2D eigenvalue weighted by Gasteiger charge is -2.23. The van der Waals surface area contributed by atoms with Gasteiger partial charge in [0.15, 0.2) is 0 Å². The minimum Gasteiger partial charge on any atom is -0.311 e. The summed E-state index contributed by atoms with van der Waals surface area (Å²) in [6, 6.07) is 18.7. The minimum absolute atomic E-state index is 0.0574. The van der Waals surface area contributed by atoms with Crippen molar-refractivity contribution in [2.75, 3.05) is 11.4 Å². The summed E-state index contributed by atoms with van der Waals surface area (Å²) in [4.78, 5) is 31.8. The maximum absolute atomic E-state index is 13.0. The zero-order valence-corrected chi connectivity index (χ0v) is 15.8. The van der Waals surface area contributed by atoms with Gasteiger partial charge in [0.25, 0.3) is 5.56 Å². The number of aryl methyl sites for hydroxylation is 2. The van der Waals surface area contributed by atoms with Crippen LogP contribution >= 0.6 is 0 Å². The average Bonchev–Trinajstić information content (AvgIpc) is 2.65. The van der Waals surface area contributed by atoms with E-state index < -0.39 is 0 Å². The summed E-state index contributed by atoms with van der Waals surface area (Å²) >= 11 is 0. The number of benzene rings is 2. The van der Waals surface area contributed by atoms with Gasteiger partial charge in [0.05, 0.1) is 0 Å². The van der Waals surface area contributed by atoms with Gasteiger partial charge in [-0.3, -0.25) is 14.2 Å². The number of rotatable bonds is 5. The molecule has 5 heteroatoms. The van der Waals surface area contributed by atoms with E-state index in [2.05, 4.69) is 4.98 Å². The van der Waals surface area contributed by atoms with Gasteiger partial charge in [-0.1, -0.05) is 42.5 Å². The van der Waals surface area contributed by atoms with E-state index in [4.69, 9.17) is 0 Å². The fraction of sp³-hybridized carbons (Fsp3) is 0.227. The molecule has 5 nitrogen and oxygen atoms in total. The predicted octanol–water partition coefficient (Wildman–Crippen LogP) is 3.58.